The van der Waals surface area contributed by atoms with Crippen molar-refractivity contribution in [3.05, 3.63) is 82.6 Å². The van der Waals surface area contributed by atoms with Crippen LogP contribution < -0.4 is 14.8 Å². The zero-order chi connectivity index (χ0) is 58.6. The van der Waals surface area contributed by atoms with Crippen molar-refractivity contribution in [2.45, 2.75) is 101 Å². The van der Waals surface area contributed by atoms with Crippen LogP contribution in [0, 0.1) is 0 Å². The molecule has 26 heteroatoms. The quantitative estimate of drug-likeness (QED) is 0.0291. The third-order valence-electron chi connectivity index (χ3n) is 13.3. The number of ether oxygens (including phenoxy) is 6. The summed E-state index contributed by atoms with van der Waals surface area (Å²) < 4.78 is 143. The maximum Gasteiger partial charge on any atom is 0.333 e. The van der Waals surface area contributed by atoms with Gasteiger partial charge in [0.05, 0.1) is 88.5 Å². The molecule has 0 bridgehead atoms. The first kappa shape index (κ1) is 65.8. The highest BCUT2D eigenvalue weighted by Gasteiger charge is 2.44. The van der Waals surface area contributed by atoms with Crippen LogP contribution in [-0.2, 0) is 88.8 Å². The molecule has 0 spiro atoms. The number of benzene rings is 2. The van der Waals surface area contributed by atoms with Crippen LogP contribution in [0.3, 0.4) is 0 Å². The molecule has 5 rings (SSSR count). The summed E-state index contributed by atoms with van der Waals surface area (Å²) in [4.78, 5) is 43.1. The fraction of sp³-hybridized carbons (Fsp3) is 0.593. The van der Waals surface area contributed by atoms with E-state index in [0.717, 1.165) is 11.1 Å². The summed E-state index contributed by atoms with van der Waals surface area (Å²) in [5.74, 6) is -1.95. The third-order valence-corrected chi connectivity index (χ3v) is 15.7. The van der Waals surface area contributed by atoms with E-state index in [1.54, 1.807) is 25.3 Å². The van der Waals surface area contributed by atoms with E-state index in [9.17, 15) is 53.3 Å². The van der Waals surface area contributed by atoms with Gasteiger partial charge < -0.3 is 42.6 Å². The second-order valence-electron chi connectivity index (χ2n) is 20.5. The van der Waals surface area contributed by atoms with Gasteiger partial charge in [0.1, 0.15) is 24.7 Å². The van der Waals surface area contributed by atoms with E-state index in [0.29, 0.717) is 137 Å². The normalized spacial score (nSPS) is 17.2. The Labute approximate surface area is 469 Å². The lowest BCUT2D eigenvalue weighted by molar-refractivity contribution is -0.197. The summed E-state index contributed by atoms with van der Waals surface area (Å²) in [6.07, 6.45) is 6.75. The fourth-order valence-electron chi connectivity index (χ4n) is 9.26. The lowest BCUT2D eigenvalue weighted by atomic mass is 9.77. The van der Waals surface area contributed by atoms with E-state index >= 15 is 0 Å². The molecule has 3 N–H and O–H groups in total. The minimum absolute atomic E-state index is 0.0178. The molecule has 4 aliphatic rings. The van der Waals surface area contributed by atoms with Gasteiger partial charge in [-0.05, 0) is 91.6 Å². The molecule has 0 aromatic heterocycles. The average molecular weight is 1190 g/mol. The molecule has 0 radical (unpaired) electrons. The van der Waals surface area contributed by atoms with E-state index in [2.05, 4.69) is 20.8 Å². The van der Waals surface area contributed by atoms with E-state index in [-0.39, 0.29) is 62.0 Å². The van der Waals surface area contributed by atoms with Crippen molar-refractivity contribution in [3.8, 4) is 11.3 Å². The number of imide groups is 1. The first-order valence-electron chi connectivity index (χ1n) is 26.6. The molecule has 1 fully saturated rings. The monoisotopic (exact) mass is 1180 g/mol. The molecule has 1 aliphatic carbocycles. The molecular weight excluding hydrogens is 1110 g/mol. The summed E-state index contributed by atoms with van der Waals surface area (Å²) in [5.41, 5.74) is 2.02. The lowest BCUT2D eigenvalue weighted by Gasteiger charge is -2.30. The number of amides is 2. The molecule has 1 atom stereocenters. The second kappa shape index (κ2) is 30.9. The van der Waals surface area contributed by atoms with Gasteiger partial charge in [-0.1, -0.05) is 33.3 Å². The van der Waals surface area contributed by atoms with Crippen molar-refractivity contribution < 1.29 is 91.0 Å². The van der Waals surface area contributed by atoms with E-state index < -0.39 is 65.1 Å². The Kier molecular flexibility index (Phi) is 25.4. The Hall–Kier alpha value is -4.97. The maximum atomic E-state index is 12.6. The molecule has 80 heavy (non-hydrogen) atoms. The molecule has 0 saturated carbocycles. The number of anilines is 1. The van der Waals surface area contributed by atoms with E-state index in [4.69, 9.17) is 37.7 Å². The number of methoxy groups -OCH3 is 1. The van der Waals surface area contributed by atoms with Gasteiger partial charge in [0.25, 0.3) is 42.2 Å². The predicted molar refractivity (Wildman–Crippen MR) is 295 cm³/mol. The van der Waals surface area contributed by atoms with Gasteiger partial charge in [-0.2, -0.15) is 25.3 Å². The molecule has 3 heterocycles. The summed E-state index contributed by atoms with van der Waals surface area (Å²) >= 11 is 0. The number of allylic oxidation sites excluding steroid dienone is 3. The van der Waals surface area contributed by atoms with E-state index in [1.807, 2.05) is 46.7 Å². The van der Waals surface area contributed by atoms with E-state index in [1.165, 1.54) is 12.1 Å². The van der Waals surface area contributed by atoms with Crippen LogP contribution in [0.15, 0.2) is 69.6 Å². The summed E-state index contributed by atoms with van der Waals surface area (Å²) in [6, 6.07) is 11.8. The zero-order valence-electron chi connectivity index (χ0n) is 46.3. The minimum atomic E-state index is -4.67. The van der Waals surface area contributed by atoms with Crippen LogP contribution in [0.4, 0.5) is 5.69 Å². The number of unbranched alkanes of at least 4 members (excludes halogenated alkanes) is 2. The number of nitrogens with zero attached hydrogens (tertiary/aromatic N) is 3. The van der Waals surface area contributed by atoms with Crippen molar-refractivity contribution in [2.75, 3.05) is 116 Å². The van der Waals surface area contributed by atoms with Crippen molar-refractivity contribution in [1.29, 1.82) is 0 Å². The van der Waals surface area contributed by atoms with Gasteiger partial charge in [-0.25, -0.2) is 9.37 Å². The summed E-state index contributed by atoms with van der Waals surface area (Å²) in [7, 11) is -11.7. The number of fused-ring (bicyclic) bond motifs is 2. The number of hydrogen-bond donors (Lipinski definition) is 3. The van der Waals surface area contributed by atoms with Gasteiger partial charge in [0.15, 0.2) is 6.54 Å². The second-order valence-corrected chi connectivity index (χ2v) is 25.0. The highest BCUT2D eigenvalue weighted by Crippen LogP contribution is 2.51. The lowest BCUT2D eigenvalue weighted by Crippen LogP contribution is -2.35. The Morgan fingerprint density at radius 2 is 1.31 bits per heavy atom. The van der Waals surface area contributed by atoms with Crippen LogP contribution in [0.25, 0.3) is 17.4 Å². The first-order chi connectivity index (χ1) is 37.8. The Balaban J connectivity index is 1.38. The average Bonchev–Trinajstić information content (AvgIpc) is 4.06. The van der Waals surface area contributed by atoms with Crippen LogP contribution in [0.1, 0.15) is 102 Å². The van der Waals surface area contributed by atoms with Gasteiger partial charge in [-0.3, -0.25) is 23.2 Å². The van der Waals surface area contributed by atoms with Crippen LogP contribution in [-0.4, -0.2) is 173 Å². The first-order valence-corrected chi connectivity index (χ1v) is 31.3. The summed E-state index contributed by atoms with van der Waals surface area (Å²) in [5, 5.41) is 1.21. The fourth-order valence-corrected chi connectivity index (χ4v) is 10.8. The van der Waals surface area contributed by atoms with Crippen LogP contribution in [0.2, 0.25) is 0 Å². The Morgan fingerprint density at radius 1 is 0.725 bits per heavy atom. The number of hydrogen-bond acceptors (Lipinski definition) is 18. The molecule has 1 aromatic carbocycles. The number of carbonyl (C=O) groups is 3. The van der Waals surface area contributed by atoms with Crippen molar-refractivity contribution in [3.63, 3.8) is 0 Å². The highest BCUT2D eigenvalue weighted by atomic mass is 32.2. The summed E-state index contributed by atoms with van der Waals surface area (Å²) in [6.45, 7) is 13.4. The third kappa shape index (κ3) is 21.1. The van der Waals surface area contributed by atoms with Gasteiger partial charge in [-0.15, -0.1) is 5.06 Å². The SMILES string of the molecule is COCCOCCOCCOCCOCCOCC[N+](CCCS(=O)(=O)O)=c1ccc2c(C(C)(C)C)cc(/C=C/C=C3/N(CCCCCC(=O)ON4C(=O)CCC4=O)c4ccc(S(=O)(=O)O)cc4C3(C)CCCS(=O)(=O)O)oc-2c1. The molecule has 3 aliphatic heterocycles. The molecule has 1 aromatic rings. The minimum Gasteiger partial charge on any atom is -0.456 e. The molecule has 2 amide bonds. The molecule has 23 nitrogen and oxygen atoms in total. The topological polar surface area (TPSA) is 302 Å². The number of rotatable bonds is 36. The Morgan fingerprint density at radius 3 is 1.89 bits per heavy atom. The maximum absolute atomic E-state index is 12.6. The predicted octanol–water partition coefficient (Wildman–Crippen LogP) is 5.22. The number of hydroxylamine groups is 2. The van der Waals surface area contributed by atoms with Crippen LogP contribution in [0.5, 0.6) is 0 Å². The molecule has 1 unspecified atom stereocenters. The van der Waals surface area contributed by atoms with Crippen LogP contribution >= 0.6 is 0 Å². The Bertz CT molecular complexity index is 2990. The number of carbonyl (C=O) groups excluding carboxylic acids is 3. The smallest absolute Gasteiger partial charge is 0.333 e. The molecule has 1 saturated heterocycles. The molecule has 446 valence electrons. The highest BCUT2D eigenvalue weighted by molar-refractivity contribution is 7.86. The standard InChI is InChI=1S/C54H77N3O20S3/c1-53(2,3)45-39-42(76-48-38-41(15-17-44(45)48)55(22-11-37-79(64,65)66)24-25-71-28-29-73-32-33-75-35-34-74-31-30-72-27-26-70-5)12-9-13-49-54(4,21-10-36-78(61,62)63)46-40-43(80(67,68)69)16-18-47(46)56(49)23-8-6-7-14-52(60)77-57-50(58)19-20-51(57)59/h9,12-13,15-18,38-40H,6-8,10-11,14,19-37H2,1-5H3,(H2-,61,62,63,64,65,66,67,68,69)/p+1. The van der Waals surface area contributed by atoms with Crippen molar-refractivity contribution in [1.82, 2.24) is 9.64 Å². The van der Waals surface area contributed by atoms with Gasteiger partial charge >= 0.3 is 5.97 Å². The van der Waals surface area contributed by atoms with Crippen molar-refractivity contribution >= 4 is 59.9 Å². The zero-order valence-corrected chi connectivity index (χ0v) is 48.7. The van der Waals surface area contributed by atoms with Crippen molar-refractivity contribution in [2.24, 2.45) is 0 Å². The largest absolute Gasteiger partial charge is 0.456 e. The molecular formula is C54H78N3O20S3+. The van der Waals surface area contributed by atoms with Gasteiger partial charge in [0.2, 0.25) is 5.36 Å². The van der Waals surface area contributed by atoms with Gasteiger partial charge in [0, 0.05) is 67.8 Å².